The largest absolute Gasteiger partial charge is 0.460 e. The van der Waals surface area contributed by atoms with E-state index in [-0.39, 0.29) is 0 Å². The van der Waals surface area contributed by atoms with Crippen molar-refractivity contribution in [3.8, 4) is 0 Å². The molecular formula is C11F18O2. The molecule has 0 aliphatic carbocycles. The molecule has 0 N–H and O–H groups in total. The van der Waals surface area contributed by atoms with Crippen LogP contribution in [0.1, 0.15) is 0 Å². The summed E-state index contributed by atoms with van der Waals surface area (Å²) >= 11 is 0. The zero-order valence-electron chi connectivity index (χ0n) is 13.1. The summed E-state index contributed by atoms with van der Waals surface area (Å²) in [6.45, 7) is 0. The average Bonchev–Trinajstić information content (AvgIpc) is 3.38. The van der Waals surface area contributed by atoms with Crippen LogP contribution in [0, 0.1) is 0 Å². The van der Waals surface area contributed by atoms with Crippen molar-refractivity contribution in [3.63, 3.8) is 0 Å². The van der Waals surface area contributed by atoms with Gasteiger partial charge in [-0.1, -0.05) is 0 Å². The number of ether oxygens (including phenoxy) is 2. The summed E-state index contributed by atoms with van der Waals surface area (Å²) in [6.07, 6.45) is -19.0. The van der Waals surface area contributed by atoms with E-state index in [1.54, 1.807) is 0 Å². The SMILES string of the molecule is FC(F)=C(F)C1(F)OC1(C(F)(F)F)C(F)(F)C1(F)OC1(F)C(F)(F)C(F)(F)C(F)(F)F. The summed E-state index contributed by atoms with van der Waals surface area (Å²) in [4.78, 5) is 0. The van der Waals surface area contributed by atoms with E-state index in [2.05, 4.69) is 9.47 Å². The first-order valence-corrected chi connectivity index (χ1v) is 6.72. The van der Waals surface area contributed by atoms with Crippen LogP contribution in [-0.2, 0) is 9.47 Å². The maximum Gasteiger partial charge on any atom is 0.460 e. The molecule has 0 radical (unpaired) electrons. The van der Waals surface area contributed by atoms with E-state index >= 15 is 0 Å². The number of hydrogen-bond donors (Lipinski definition) is 0. The molecule has 0 amide bonds. The van der Waals surface area contributed by atoms with Crippen molar-refractivity contribution in [3.05, 3.63) is 11.9 Å². The molecule has 0 aromatic rings. The summed E-state index contributed by atoms with van der Waals surface area (Å²) in [5, 5.41) is 0. The fourth-order valence-electron chi connectivity index (χ4n) is 2.50. The molecule has 2 saturated heterocycles. The zero-order valence-corrected chi connectivity index (χ0v) is 13.1. The summed E-state index contributed by atoms with van der Waals surface area (Å²) in [5.41, 5.74) is -6.65. The van der Waals surface area contributed by atoms with E-state index in [0.717, 1.165) is 0 Å². The predicted molar refractivity (Wildman–Crippen MR) is 53.7 cm³/mol. The lowest BCUT2D eigenvalue weighted by Gasteiger charge is -2.32. The Balaban J connectivity index is 2.67. The molecule has 182 valence electrons. The van der Waals surface area contributed by atoms with Gasteiger partial charge in [0.05, 0.1) is 0 Å². The van der Waals surface area contributed by atoms with Gasteiger partial charge in [-0.15, -0.1) is 0 Å². The molecule has 31 heavy (non-hydrogen) atoms. The van der Waals surface area contributed by atoms with Gasteiger partial charge in [-0.2, -0.15) is 79.0 Å². The van der Waals surface area contributed by atoms with E-state index < -0.39 is 65.2 Å². The van der Waals surface area contributed by atoms with Gasteiger partial charge in [0, 0.05) is 0 Å². The lowest BCUT2D eigenvalue weighted by Crippen LogP contribution is -2.65. The van der Waals surface area contributed by atoms with Crippen LogP contribution in [0.2, 0.25) is 0 Å². The molecule has 20 heteroatoms. The molecule has 2 nitrogen and oxygen atoms in total. The molecule has 0 aromatic carbocycles. The van der Waals surface area contributed by atoms with E-state index in [9.17, 15) is 79.0 Å². The minimum Gasteiger partial charge on any atom is -0.310 e. The Labute approximate surface area is 155 Å². The van der Waals surface area contributed by atoms with Crippen LogP contribution in [0.25, 0.3) is 0 Å². The van der Waals surface area contributed by atoms with Crippen molar-refractivity contribution >= 4 is 0 Å². The van der Waals surface area contributed by atoms with Crippen LogP contribution in [0.4, 0.5) is 79.0 Å². The highest BCUT2D eigenvalue weighted by atomic mass is 19.4. The number of alkyl halides is 15. The van der Waals surface area contributed by atoms with Crippen molar-refractivity contribution in [2.45, 2.75) is 53.3 Å². The molecule has 0 bridgehead atoms. The van der Waals surface area contributed by atoms with Gasteiger partial charge in [0.25, 0.3) is 0 Å². The Kier molecular flexibility index (Phi) is 4.84. The molecular weight excluding hydrogens is 506 g/mol. The fraction of sp³-hybridized carbons (Fsp3) is 0.818. The lowest BCUT2D eigenvalue weighted by atomic mass is 9.86. The van der Waals surface area contributed by atoms with Gasteiger partial charge < -0.3 is 4.74 Å². The number of hydrogen-bond acceptors (Lipinski definition) is 2. The minimum absolute atomic E-state index is 2.17. The zero-order chi connectivity index (χ0) is 25.1. The Morgan fingerprint density at radius 3 is 1.35 bits per heavy atom. The van der Waals surface area contributed by atoms with Gasteiger partial charge in [-0.3, -0.25) is 4.74 Å². The first kappa shape index (κ1) is 25.7. The second-order valence-corrected chi connectivity index (χ2v) is 5.96. The van der Waals surface area contributed by atoms with Crippen LogP contribution < -0.4 is 0 Å². The normalized spacial score (nSPS) is 37.0. The Morgan fingerprint density at radius 1 is 0.613 bits per heavy atom. The molecule has 2 rings (SSSR count). The number of rotatable bonds is 5. The third-order valence-electron chi connectivity index (χ3n) is 4.21. The minimum atomic E-state index is -7.78. The molecule has 2 fully saturated rings. The number of epoxide rings is 2. The topological polar surface area (TPSA) is 25.1 Å². The number of halogens is 18. The van der Waals surface area contributed by atoms with Gasteiger partial charge in [0.15, 0.2) is 0 Å². The monoisotopic (exact) mass is 506 g/mol. The van der Waals surface area contributed by atoms with Crippen molar-refractivity contribution in [2.24, 2.45) is 0 Å². The highest BCUT2D eigenvalue weighted by Crippen LogP contribution is 2.78. The molecule has 4 atom stereocenters. The van der Waals surface area contributed by atoms with Crippen molar-refractivity contribution < 1.29 is 88.5 Å². The third kappa shape index (κ3) is 2.53. The van der Waals surface area contributed by atoms with Gasteiger partial charge in [-0.25, -0.2) is 0 Å². The summed E-state index contributed by atoms with van der Waals surface area (Å²) < 4.78 is 238. The smallest absolute Gasteiger partial charge is 0.310 e. The molecule has 2 heterocycles. The van der Waals surface area contributed by atoms with Crippen molar-refractivity contribution in [1.29, 1.82) is 0 Å². The highest BCUT2D eigenvalue weighted by Gasteiger charge is 3.10. The standard InChI is InChI=1S/C11F18O2/c12-1(2(13)14)3(15)4(30-3,10(24,25)26)5(16,17)8(22)9(23,31-8)6(18,19)7(20,21)11(27,28)29. The van der Waals surface area contributed by atoms with Crippen molar-refractivity contribution in [1.82, 2.24) is 0 Å². The van der Waals surface area contributed by atoms with E-state index in [0.29, 0.717) is 0 Å². The predicted octanol–water partition coefficient (Wildman–Crippen LogP) is 5.89. The Hall–Kier alpha value is -1.60. The van der Waals surface area contributed by atoms with Crippen LogP contribution in [0.15, 0.2) is 11.9 Å². The van der Waals surface area contributed by atoms with Gasteiger partial charge in [0.2, 0.25) is 5.83 Å². The first-order valence-electron chi connectivity index (χ1n) is 6.72. The van der Waals surface area contributed by atoms with Gasteiger partial charge in [0.1, 0.15) is 0 Å². The highest BCUT2D eigenvalue weighted by molar-refractivity contribution is 5.38. The summed E-state index contributed by atoms with van der Waals surface area (Å²) in [7, 11) is 0. The van der Waals surface area contributed by atoms with Crippen LogP contribution >= 0.6 is 0 Å². The first-order chi connectivity index (χ1) is 13.3. The van der Waals surface area contributed by atoms with Crippen LogP contribution in [0.5, 0.6) is 0 Å². The van der Waals surface area contributed by atoms with E-state index in [1.165, 1.54) is 0 Å². The summed E-state index contributed by atoms with van der Waals surface area (Å²) in [6, 6.07) is 0. The second kappa shape index (κ2) is 5.84. The Morgan fingerprint density at radius 2 is 1.03 bits per heavy atom. The second-order valence-electron chi connectivity index (χ2n) is 5.96. The molecule has 2 aliphatic heterocycles. The molecule has 4 unspecified atom stereocenters. The molecule has 0 saturated carbocycles. The Bertz CT molecular complexity index is 808. The van der Waals surface area contributed by atoms with E-state index in [4.69, 9.17) is 0 Å². The molecule has 2 aliphatic rings. The van der Waals surface area contributed by atoms with E-state index in [1.807, 2.05) is 0 Å². The molecule has 0 spiro atoms. The van der Waals surface area contributed by atoms with Gasteiger partial charge in [-0.05, 0) is 0 Å². The quantitative estimate of drug-likeness (QED) is 0.344. The van der Waals surface area contributed by atoms with Crippen molar-refractivity contribution in [2.75, 3.05) is 0 Å². The lowest BCUT2D eigenvalue weighted by molar-refractivity contribution is -0.381. The average molecular weight is 506 g/mol. The maximum atomic E-state index is 14.0. The van der Waals surface area contributed by atoms with Gasteiger partial charge >= 0.3 is 59.4 Å². The van der Waals surface area contributed by atoms with Crippen LogP contribution in [-0.4, -0.2) is 53.3 Å². The third-order valence-corrected chi connectivity index (χ3v) is 4.21. The molecule has 0 aromatic heterocycles. The summed E-state index contributed by atoms with van der Waals surface area (Å²) in [5.74, 6) is -47.2. The maximum absolute atomic E-state index is 14.0. The fourth-order valence-corrected chi connectivity index (χ4v) is 2.50. The van der Waals surface area contributed by atoms with Crippen LogP contribution in [0.3, 0.4) is 0 Å².